The molecule has 2 aromatic rings. The molecule has 1 atom stereocenters. The predicted molar refractivity (Wildman–Crippen MR) is 98.4 cm³/mol. The number of benzene rings is 2. The monoisotopic (exact) mass is 311 g/mol. The quantitative estimate of drug-likeness (QED) is 0.806. The van der Waals surface area contributed by atoms with Gasteiger partial charge in [0.2, 0.25) is 0 Å². The van der Waals surface area contributed by atoms with Crippen LogP contribution in [0.4, 0.5) is 0 Å². The van der Waals surface area contributed by atoms with Gasteiger partial charge in [-0.2, -0.15) is 0 Å². The van der Waals surface area contributed by atoms with Crippen LogP contribution < -0.4 is 10.5 Å². The van der Waals surface area contributed by atoms with Crippen molar-refractivity contribution in [3.8, 4) is 5.75 Å². The average Bonchev–Trinajstić information content (AvgIpc) is 2.59. The first-order valence-corrected chi connectivity index (χ1v) is 8.54. The van der Waals surface area contributed by atoms with Gasteiger partial charge in [-0.05, 0) is 53.6 Å². The summed E-state index contributed by atoms with van der Waals surface area (Å²) >= 11 is 0. The predicted octanol–water partition coefficient (Wildman–Crippen LogP) is 4.67. The highest BCUT2D eigenvalue weighted by atomic mass is 16.5. The van der Waals surface area contributed by atoms with Gasteiger partial charge in [0, 0.05) is 5.92 Å². The van der Waals surface area contributed by atoms with E-state index in [0.29, 0.717) is 18.4 Å². The van der Waals surface area contributed by atoms with E-state index < -0.39 is 0 Å². The Hall–Kier alpha value is -1.80. The first-order valence-electron chi connectivity index (χ1n) is 8.54. The summed E-state index contributed by atoms with van der Waals surface area (Å²) in [5, 5.41) is 0. The van der Waals surface area contributed by atoms with Gasteiger partial charge in [0.25, 0.3) is 0 Å². The summed E-state index contributed by atoms with van der Waals surface area (Å²) in [6, 6.07) is 15.4. The molecule has 0 saturated carbocycles. The van der Waals surface area contributed by atoms with Crippen molar-refractivity contribution in [3.05, 3.63) is 64.7 Å². The maximum Gasteiger partial charge on any atom is 0.122 e. The third kappa shape index (κ3) is 4.35. The van der Waals surface area contributed by atoms with Crippen molar-refractivity contribution in [1.82, 2.24) is 0 Å². The highest BCUT2D eigenvalue weighted by Gasteiger charge is 2.14. The smallest absolute Gasteiger partial charge is 0.122 e. The van der Waals surface area contributed by atoms with Crippen molar-refractivity contribution in [2.24, 2.45) is 5.73 Å². The van der Waals surface area contributed by atoms with Crippen LogP contribution in [0.1, 0.15) is 54.9 Å². The zero-order chi connectivity index (χ0) is 16.8. The minimum atomic E-state index is 0.317. The van der Waals surface area contributed by atoms with Crippen LogP contribution in [0.15, 0.2) is 42.5 Å². The first-order chi connectivity index (χ1) is 11.1. The fraction of sp³-hybridized carbons (Fsp3) is 0.429. The number of methoxy groups -OCH3 is 1. The summed E-state index contributed by atoms with van der Waals surface area (Å²) in [5.41, 5.74) is 11.3. The third-order valence-electron chi connectivity index (χ3n) is 4.58. The standard InChI is InChI=1S/C21H29NO/c1-5-16-6-11-21(23-4)19(12-16)13-20(14-22)18-9-7-17(8-10-18)15(2)3/h6-12,15,20H,5,13-14,22H2,1-4H3. The van der Waals surface area contributed by atoms with Crippen LogP contribution in [0.2, 0.25) is 0 Å². The molecule has 2 rings (SSSR count). The van der Waals surface area contributed by atoms with E-state index in [2.05, 4.69) is 63.2 Å². The largest absolute Gasteiger partial charge is 0.496 e. The van der Waals surface area contributed by atoms with Gasteiger partial charge in [-0.25, -0.2) is 0 Å². The van der Waals surface area contributed by atoms with E-state index in [1.807, 2.05) is 0 Å². The van der Waals surface area contributed by atoms with Gasteiger partial charge in [-0.3, -0.25) is 0 Å². The van der Waals surface area contributed by atoms with Gasteiger partial charge in [-0.15, -0.1) is 0 Å². The Bertz CT molecular complexity index is 616. The van der Waals surface area contributed by atoms with Gasteiger partial charge >= 0.3 is 0 Å². The SMILES string of the molecule is CCc1ccc(OC)c(CC(CN)c2ccc(C(C)C)cc2)c1. The summed E-state index contributed by atoms with van der Waals surface area (Å²) in [6.07, 6.45) is 1.95. The number of hydrogen-bond donors (Lipinski definition) is 1. The molecule has 0 radical (unpaired) electrons. The van der Waals surface area contributed by atoms with Crippen LogP contribution in [-0.2, 0) is 12.8 Å². The molecule has 2 heteroatoms. The molecule has 0 aliphatic rings. The van der Waals surface area contributed by atoms with Gasteiger partial charge in [0.05, 0.1) is 7.11 Å². The van der Waals surface area contributed by atoms with E-state index >= 15 is 0 Å². The van der Waals surface area contributed by atoms with Crippen LogP contribution in [-0.4, -0.2) is 13.7 Å². The Labute approximate surface area is 140 Å². The molecule has 2 aromatic carbocycles. The first kappa shape index (κ1) is 17.6. The second-order valence-electron chi connectivity index (χ2n) is 6.46. The lowest BCUT2D eigenvalue weighted by Gasteiger charge is -2.19. The summed E-state index contributed by atoms with van der Waals surface area (Å²) in [4.78, 5) is 0. The molecule has 0 bridgehead atoms. The van der Waals surface area contributed by atoms with Crippen LogP contribution >= 0.6 is 0 Å². The molecule has 0 fully saturated rings. The molecule has 2 N–H and O–H groups in total. The van der Waals surface area contributed by atoms with Crippen molar-refractivity contribution in [2.45, 2.75) is 45.4 Å². The Balaban J connectivity index is 2.25. The van der Waals surface area contributed by atoms with Gasteiger partial charge < -0.3 is 10.5 Å². The highest BCUT2D eigenvalue weighted by molar-refractivity contribution is 5.39. The zero-order valence-electron chi connectivity index (χ0n) is 14.8. The molecule has 0 saturated heterocycles. The highest BCUT2D eigenvalue weighted by Crippen LogP contribution is 2.28. The second kappa shape index (κ2) is 8.16. The van der Waals surface area contributed by atoms with Crippen molar-refractivity contribution >= 4 is 0 Å². The molecule has 23 heavy (non-hydrogen) atoms. The van der Waals surface area contributed by atoms with E-state index in [4.69, 9.17) is 10.5 Å². The van der Waals surface area contributed by atoms with Gasteiger partial charge in [0.1, 0.15) is 5.75 Å². The Kier molecular flexibility index (Phi) is 6.23. The minimum absolute atomic E-state index is 0.317. The number of ether oxygens (including phenoxy) is 1. The molecule has 0 amide bonds. The average molecular weight is 311 g/mol. The lowest BCUT2D eigenvalue weighted by Crippen LogP contribution is -2.15. The summed E-state index contributed by atoms with van der Waals surface area (Å²) in [5.74, 6) is 1.83. The van der Waals surface area contributed by atoms with Crippen molar-refractivity contribution in [2.75, 3.05) is 13.7 Å². The minimum Gasteiger partial charge on any atom is -0.496 e. The van der Waals surface area contributed by atoms with E-state index in [1.54, 1.807) is 7.11 Å². The van der Waals surface area contributed by atoms with E-state index in [9.17, 15) is 0 Å². The van der Waals surface area contributed by atoms with Crippen molar-refractivity contribution in [3.63, 3.8) is 0 Å². The van der Waals surface area contributed by atoms with Crippen LogP contribution in [0.3, 0.4) is 0 Å². The molecule has 0 spiro atoms. The Morgan fingerprint density at radius 2 is 1.65 bits per heavy atom. The van der Waals surface area contributed by atoms with Crippen LogP contribution in [0.5, 0.6) is 5.75 Å². The fourth-order valence-corrected chi connectivity index (χ4v) is 2.97. The van der Waals surface area contributed by atoms with E-state index in [1.165, 1.54) is 22.3 Å². The lowest BCUT2D eigenvalue weighted by atomic mass is 9.89. The fourth-order valence-electron chi connectivity index (χ4n) is 2.97. The molecular weight excluding hydrogens is 282 g/mol. The van der Waals surface area contributed by atoms with E-state index in [0.717, 1.165) is 18.6 Å². The van der Waals surface area contributed by atoms with Gasteiger partial charge in [0.15, 0.2) is 0 Å². The zero-order valence-corrected chi connectivity index (χ0v) is 14.8. The van der Waals surface area contributed by atoms with Crippen LogP contribution in [0.25, 0.3) is 0 Å². The molecular formula is C21H29NO. The number of hydrogen-bond acceptors (Lipinski definition) is 2. The Morgan fingerprint density at radius 3 is 2.17 bits per heavy atom. The van der Waals surface area contributed by atoms with Crippen molar-refractivity contribution in [1.29, 1.82) is 0 Å². The lowest BCUT2D eigenvalue weighted by molar-refractivity contribution is 0.408. The van der Waals surface area contributed by atoms with Crippen LogP contribution in [0, 0.1) is 0 Å². The Morgan fingerprint density at radius 1 is 1.00 bits per heavy atom. The molecule has 0 aromatic heterocycles. The molecule has 0 heterocycles. The van der Waals surface area contributed by atoms with Gasteiger partial charge in [-0.1, -0.05) is 57.2 Å². The van der Waals surface area contributed by atoms with E-state index in [-0.39, 0.29) is 0 Å². The summed E-state index contributed by atoms with van der Waals surface area (Å²) < 4.78 is 5.54. The maximum atomic E-state index is 6.07. The molecule has 0 aliphatic carbocycles. The second-order valence-corrected chi connectivity index (χ2v) is 6.46. The molecule has 2 nitrogen and oxygen atoms in total. The maximum absolute atomic E-state index is 6.07. The molecule has 124 valence electrons. The number of nitrogens with two attached hydrogens (primary N) is 1. The van der Waals surface area contributed by atoms with Crippen molar-refractivity contribution < 1.29 is 4.74 Å². The third-order valence-corrected chi connectivity index (χ3v) is 4.58. The summed E-state index contributed by atoms with van der Waals surface area (Å²) in [6.45, 7) is 7.25. The number of rotatable bonds is 7. The molecule has 1 unspecified atom stereocenters. The summed E-state index contributed by atoms with van der Waals surface area (Å²) in [7, 11) is 1.74. The normalized spacial score (nSPS) is 12.4. The molecule has 0 aliphatic heterocycles. The number of aryl methyl sites for hydroxylation is 1. The topological polar surface area (TPSA) is 35.2 Å².